The number of urea groups is 1. The first-order valence-electron chi connectivity index (χ1n) is 10.3. The van der Waals surface area contributed by atoms with Crippen LogP contribution in [0.5, 0.6) is 0 Å². The molecule has 3 amide bonds. The Labute approximate surface area is 187 Å². The number of sulfonamides is 1. The Morgan fingerprint density at radius 3 is 2.06 bits per heavy atom. The van der Waals surface area contributed by atoms with Crippen LogP contribution in [0.2, 0.25) is 0 Å². The number of unbranched alkanes of at least 4 members (excludes halogenated alkanes) is 1. The maximum absolute atomic E-state index is 12.5. The minimum absolute atomic E-state index is 0.0756. The summed E-state index contributed by atoms with van der Waals surface area (Å²) in [4.78, 5) is 24.2. The van der Waals surface area contributed by atoms with Gasteiger partial charge >= 0.3 is 6.03 Å². The van der Waals surface area contributed by atoms with Crippen molar-refractivity contribution in [1.29, 1.82) is 0 Å². The third kappa shape index (κ3) is 6.18. The molecule has 0 aromatic heterocycles. The Hall–Kier alpha value is -3.65. The Balaban J connectivity index is 1.61. The van der Waals surface area contributed by atoms with E-state index in [-0.39, 0.29) is 10.8 Å². The monoisotopic (exact) mass is 451 g/mol. The number of amides is 3. The van der Waals surface area contributed by atoms with Crippen LogP contribution in [0.25, 0.3) is 11.1 Å². The largest absolute Gasteiger partial charge is 0.337 e. The molecular formula is C24H25N3O4S. The van der Waals surface area contributed by atoms with Gasteiger partial charge in [0.15, 0.2) is 0 Å². The van der Waals surface area contributed by atoms with Crippen LogP contribution in [0.3, 0.4) is 0 Å². The van der Waals surface area contributed by atoms with E-state index in [2.05, 4.69) is 10.6 Å². The summed E-state index contributed by atoms with van der Waals surface area (Å²) >= 11 is 0. The number of nitrogens with one attached hydrogen (secondary N) is 3. The van der Waals surface area contributed by atoms with Gasteiger partial charge in [0.05, 0.1) is 4.90 Å². The summed E-state index contributed by atoms with van der Waals surface area (Å²) in [6.45, 7) is 2.37. The number of benzene rings is 3. The number of anilines is 1. The Kier molecular flexibility index (Phi) is 7.62. The van der Waals surface area contributed by atoms with Gasteiger partial charge in [-0.05, 0) is 53.9 Å². The van der Waals surface area contributed by atoms with Crippen molar-refractivity contribution >= 4 is 27.6 Å². The van der Waals surface area contributed by atoms with Crippen molar-refractivity contribution in [2.75, 3.05) is 11.9 Å². The quantitative estimate of drug-likeness (QED) is 0.442. The van der Waals surface area contributed by atoms with Gasteiger partial charge in [0.2, 0.25) is 0 Å². The molecule has 7 nitrogen and oxygen atoms in total. The zero-order valence-corrected chi connectivity index (χ0v) is 18.5. The van der Waals surface area contributed by atoms with Crippen LogP contribution >= 0.6 is 0 Å². The summed E-state index contributed by atoms with van der Waals surface area (Å²) < 4.78 is 26.6. The molecule has 3 aromatic rings. The topological polar surface area (TPSA) is 104 Å². The van der Waals surface area contributed by atoms with E-state index in [1.807, 2.05) is 54.1 Å². The van der Waals surface area contributed by atoms with E-state index in [0.29, 0.717) is 17.8 Å². The smallest absolute Gasteiger partial charge is 0.328 e. The lowest BCUT2D eigenvalue weighted by Gasteiger charge is -2.10. The third-order valence-corrected chi connectivity index (χ3v) is 6.07. The molecule has 0 saturated heterocycles. The maximum atomic E-state index is 12.5. The fourth-order valence-electron chi connectivity index (χ4n) is 2.96. The first kappa shape index (κ1) is 23.0. The molecule has 0 atom stereocenters. The second-order valence-corrected chi connectivity index (χ2v) is 8.82. The van der Waals surface area contributed by atoms with Gasteiger partial charge in [-0.25, -0.2) is 17.9 Å². The number of hydrogen-bond acceptors (Lipinski definition) is 4. The number of carbonyl (C=O) groups excluding carboxylic acids is 2. The van der Waals surface area contributed by atoms with Gasteiger partial charge in [0, 0.05) is 17.8 Å². The van der Waals surface area contributed by atoms with Crippen molar-refractivity contribution in [3.8, 4) is 11.1 Å². The third-order valence-electron chi connectivity index (χ3n) is 4.72. The maximum Gasteiger partial charge on any atom is 0.328 e. The minimum Gasteiger partial charge on any atom is -0.337 e. The van der Waals surface area contributed by atoms with Gasteiger partial charge in [-0.1, -0.05) is 55.8 Å². The number of rotatable bonds is 8. The van der Waals surface area contributed by atoms with E-state index in [9.17, 15) is 18.0 Å². The zero-order valence-electron chi connectivity index (χ0n) is 17.7. The fourth-order valence-corrected chi connectivity index (χ4v) is 3.89. The van der Waals surface area contributed by atoms with Gasteiger partial charge in [-0.2, -0.15) is 0 Å². The highest BCUT2D eigenvalue weighted by atomic mass is 32.2. The van der Waals surface area contributed by atoms with E-state index in [1.54, 1.807) is 12.1 Å². The molecule has 0 aliphatic carbocycles. The minimum atomic E-state index is -4.00. The molecule has 0 heterocycles. The highest BCUT2D eigenvalue weighted by Crippen LogP contribution is 2.20. The van der Waals surface area contributed by atoms with Gasteiger partial charge in [-0.3, -0.25) is 4.79 Å². The van der Waals surface area contributed by atoms with Crippen LogP contribution in [-0.4, -0.2) is 26.9 Å². The molecule has 0 saturated carbocycles. The Morgan fingerprint density at radius 1 is 0.812 bits per heavy atom. The predicted octanol–water partition coefficient (Wildman–Crippen LogP) is 4.39. The first-order valence-corrected chi connectivity index (χ1v) is 11.7. The van der Waals surface area contributed by atoms with E-state index in [0.717, 1.165) is 24.0 Å². The van der Waals surface area contributed by atoms with E-state index in [1.165, 1.54) is 24.3 Å². The normalized spacial score (nSPS) is 10.9. The highest BCUT2D eigenvalue weighted by Gasteiger charge is 2.17. The predicted molar refractivity (Wildman–Crippen MR) is 125 cm³/mol. The lowest BCUT2D eigenvalue weighted by molar-refractivity contribution is 0.102. The van der Waals surface area contributed by atoms with Crippen molar-refractivity contribution in [1.82, 2.24) is 10.0 Å². The summed E-state index contributed by atoms with van der Waals surface area (Å²) in [7, 11) is -4.00. The standard InChI is InChI=1S/C24H25N3O4S/c1-2-3-17-25-24(29)27-32(30,31)22-15-13-21(14-16-22)26-23(28)20-11-9-19(10-12-20)18-7-5-4-6-8-18/h4-16H,2-3,17H2,1H3,(H,26,28)(H2,25,27,29). The average molecular weight is 452 g/mol. The van der Waals surface area contributed by atoms with Crippen molar-refractivity contribution < 1.29 is 18.0 Å². The van der Waals surface area contributed by atoms with E-state index in [4.69, 9.17) is 0 Å². The molecule has 0 aliphatic rings. The molecule has 166 valence electrons. The molecule has 3 rings (SSSR count). The van der Waals surface area contributed by atoms with Crippen LogP contribution in [0.4, 0.5) is 10.5 Å². The summed E-state index contributed by atoms with van der Waals surface area (Å²) in [6, 6.07) is 21.9. The molecule has 0 aliphatic heterocycles. The number of hydrogen-bond donors (Lipinski definition) is 3. The molecule has 3 N–H and O–H groups in total. The second-order valence-electron chi connectivity index (χ2n) is 7.14. The van der Waals surface area contributed by atoms with E-state index >= 15 is 0 Å². The number of carbonyl (C=O) groups is 2. The van der Waals surface area contributed by atoms with Gasteiger partial charge in [-0.15, -0.1) is 0 Å². The summed E-state index contributed by atoms with van der Waals surface area (Å²) in [5.74, 6) is -0.311. The SMILES string of the molecule is CCCCNC(=O)NS(=O)(=O)c1ccc(NC(=O)c2ccc(-c3ccccc3)cc2)cc1. The Morgan fingerprint density at radius 2 is 1.44 bits per heavy atom. The van der Waals surface area contributed by atoms with Crippen LogP contribution in [0.15, 0.2) is 83.8 Å². The molecule has 0 spiro atoms. The molecule has 0 radical (unpaired) electrons. The van der Waals surface area contributed by atoms with Crippen LogP contribution in [0.1, 0.15) is 30.1 Å². The van der Waals surface area contributed by atoms with Crippen LogP contribution in [0, 0.1) is 0 Å². The van der Waals surface area contributed by atoms with Gasteiger partial charge < -0.3 is 10.6 Å². The van der Waals surface area contributed by atoms with Crippen molar-refractivity contribution in [3.05, 3.63) is 84.4 Å². The summed E-state index contributed by atoms with van der Waals surface area (Å²) in [6.07, 6.45) is 1.65. The van der Waals surface area contributed by atoms with Gasteiger partial charge in [0.1, 0.15) is 0 Å². The van der Waals surface area contributed by atoms with Crippen LogP contribution in [-0.2, 0) is 10.0 Å². The molecule has 32 heavy (non-hydrogen) atoms. The fraction of sp³-hybridized carbons (Fsp3) is 0.167. The van der Waals surface area contributed by atoms with Crippen molar-refractivity contribution in [2.24, 2.45) is 0 Å². The van der Waals surface area contributed by atoms with Crippen LogP contribution < -0.4 is 15.4 Å². The highest BCUT2D eigenvalue weighted by molar-refractivity contribution is 7.90. The molecule has 0 fully saturated rings. The lowest BCUT2D eigenvalue weighted by atomic mass is 10.0. The van der Waals surface area contributed by atoms with E-state index < -0.39 is 16.1 Å². The lowest BCUT2D eigenvalue weighted by Crippen LogP contribution is -2.39. The summed E-state index contributed by atoms with van der Waals surface area (Å²) in [5.41, 5.74) is 2.98. The van der Waals surface area contributed by atoms with Crippen molar-refractivity contribution in [2.45, 2.75) is 24.7 Å². The first-order chi connectivity index (χ1) is 15.4. The van der Waals surface area contributed by atoms with Gasteiger partial charge in [0.25, 0.3) is 15.9 Å². The zero-order chi connectivity index (χ0) is 23.0. The summed E-state index contributed by atoms with van der Waals surface area (Å²) in [5, 5.41) is 5.23. The molecule has 0 unspecified atom stereocenters. The Bertz CT molecular complexity index is 1160. The molecule has 8 heteroatoms. The second kappa shape index (κ2) is 10.6. The molecule has 3 aromatic carbocycles. The molecular weight excluding hydrogens is 426 g/mol. The molecule has 0 bridgehead atoms. The average Bonchev–Trinajstić information content (AvgIpc) is 2.80. The van der Waals surface area contributed by atoms with Crippen molar-refractivity contribution in [3.63, 3.8) is 0 Å².